The van der Waals surface area contributed by atoms with E-state index in [9.17, 15) is 4.79 Å². The van der Waals surface area contributed by atoms with E-state index < -0.39 is 0 Å². The lowest BCUT2D eigenvalue weighted by Crippen LogP contribution is -1.97. The molecule has 2 nitrogen and oxygen atoms in total. The maximum atomic E-state index is 11.7. The van der Waals surface area contributed by atoms with Crippen molar-refractivity contribution in [3.63, 3.8) is 0 Å². The van der Waals surface area contributed by atoms with Crippen LogP contribution in [0.2, 0.25) is 0 Å². The molecule has 0 bridgehead atoms. The summed E-state index contributed by atoms with van der Waals surface area (Å²) >= 11 is 0. The van der Waals surface area contributed by atoms with E-state index in [4.69, 9.17) is 0 Å². The van der Waals surface area contributed by atoms with Crippen molar-refractivity contribution in [3.8, 4) is 0 Å². The van der Waals surface area contributed by atoms with Crippen LogP contribution in [-0.2, 0) is 0 Å². The van der Waals surface area contributed by atoms with E-state index in [0.717, 1.165) is 22.9 Å². The number of aromatic nitrogens is 1. The van der Waals surface area contributed by atoms with Gasteiger partial charge in [0.25, 0.3) is 0 Å². The molecule has 0 radical (unpaired) electrons. The Morgan fingerprint density at radius 2 is 2.20 bits per heavy atom. The van der Waals surface area contributed by atoms with Crippen molar-refractivity contribution in [1.29, 1.82) is 0 Å². The zero-order chi connectivity index (χ0) is 10.7. The van der Waals surface area contributed by atoms with Crippen molar-refractivity contribution in [2.45, 2.75) is 19.8 Å². The minimum Gasteiger partial charge on any atom is -0.294 e. The van der Waals surface area contributed by atoms with Crippen LogP contribution in [0.3, 0.4) is 0 Å². The molecule has 0 atom stereocenters. The van der Waals surface area contributed by atoms with Crippen molar-refractivity contribution >= 4 is 16.7 Å². The molecular formula is C13H13NO. The zero-order valence-corrected chi connectivity index (χ0v) is 8.73. The summed E-state index contributed by atoms with van der Waals surface area (Å²) in [7, 11) is 0. The largest absolute Gasteiger partial charge is 0.294 e. The molecule has 0 spiro atoms. The fourth-order valence-corrected chi connectivity index (χ4v) is 1.62. The first-order chi connectivity index (χ1) is 7.31. The van der Waals surface area contributed by atoms with Gasteiger partial charge in [-0.25, -0.2) is 0 Å². The van der Waals surface area contributed by atoms with E-state index >= 15 is 0 Å². The number of hydrogen-bond donors (Lipinski definition) is 0. The van der Waals surface area contributed by atoms with Gasteiger partial charge in [-0.2, -0.15) is 0 Å². The summed E-state index contributed by atoms with van der Waals surface area (Å²) in [5.74, 6) is 0.211. The maximum absolute atomic E-state index is 11.7. The van der Waals surface area contributed by atoms with Gasteiger partial charge in [-0.3, -0.25) is 9.78 Å². The van der Waals surface area contributed by atoms with Crippen LogP contribution in [0.5, 0.6) is 0 Å². The van der Waals surface area contributed by atoms with Crippen LogP contribution in [0.4, 0.5) is 0 Å². The van der Waals surface area contributed by atoms with Crippen molar-refractivity contribution < 1.29 is 4.79 Å². The van der Waals surface area contributed by atoms with E-state index in [2.05, 4.69) is 4.98 Å². The van der Waals surface area contributed by atoms with Gasteiger partial charge < -0.3 is 0 Å². The van der Waals surface area contributed by atoms with Gasteiger partial charge in [0.1, 0.15) is 0 Å². The van der Waals surface area contributed by atoms with Gasteiger partial charge in [0.2, 0.25) is 0 Å². The van der Waals surface area contributed by atoms with Crippen molar-refractivity contribution in [2.75, 3.05) is 0 Å². The Labute approximate surface area is 89.0 Å². The summed E-state index contributed by atoms with van der Waals surface area (Å²) in [5.41, 5.74) is 1.72. The highest BCUT2D eigenvalue weighted by atomic mass is 16.1. The Morgan fingerprint density at radius 3 is 3.00 bits per heavy atom. The van der Waals surface area contributed by atoms with Crippen LogP contribution in [0.1, 0.15) is 30.1 Å². The molecule has 76 valence electrons. The molecule has 0 aliphatic heterocycles. The summed E-state index contributed by atoms with van der Waals surface area (Å²) in [5, 5.41) is 1.03. The summed E-state index contributed by atoms with van der Waals surface area (Å²) in [6.45, 7) is 2.01. The minimum absolute atomic E-state index is 0.211. The number of fused-ring (bicyclic) bond motifs is 1. The van der Waals surface area contributed by atoms with Gasteiger partial charge in [-0.1, -0.05) is 13.0 Å². The van der Waals surface area contributed by atoms with Crippen LogP contribution >= 0.6 is 0 Å². The lowest BCUT2D eigenvalue weighted by atomic mass is 10.0. The summed E-state index contributed by atoms with van der Waals surface area (Å²) < 4.78 is 0. The predicted molar refractivity (Wildman–Crippen MR) is 61.0 cm³/mol. The first-order valence-electron chi connectivity index (χ1n) is 5.19. The van der Waals surface area contributed by atoms with Crippen molar-refractivity contribution in [2.24, 2.45) is 0 Å². The normalized spacial score (nSPS) is 10.5. The number of rotatable bonds is 3. The summed E-state index contributed by atoms with van der Waals surface area (Å²) in [4.78, 5) is 15.9. The van der Waals surface area contributed by atoms with Crippen LogP contribution in [0.15, 0.2) is 36.5 Å². The average Bonchev–Trinajstić information content (AvgIpc) is 2.29. The monoisotopic (exact) mass is 199 g/mol. The number of Topliss-reactive ketones (excluding diaryl/α,β-unsaturated/α-hetero) is 1. The van der Waals surface area contributed by atoms with E-state index in [-0.39, 0.29) is 5.78 Å². The molecule has 2 heteroatoms. The molecule has 1 aromatic carbocycles. The van der Waals surface area contributed by atoms with Gasteiger partial charge in [-0.05, 0) is 30.7 Å². The molecule has 0 unspecified atom stereocenters. The molecule has 2 aromatic rings. The van der Waals surface area contributed by atoms with E-state index in [1.165, 1.54) is 0 Å². The number of benzene rings is 1. The summed E-state index contributed by atoms with van der Waals surface area (Å²) in [6.07, 6.45) is 3.27. The highest BCUT2D eigenvalue weighted by Crippen LogP contribution is 2.14. The molecule has 0 N–H and O–H groups in total. The summed E-state index contributed by atoms with van der Waals surface area (Å²) in [6, 6.07) is 9.54. The molecule has 2 rings (SSSR count). The third kappa shape index (κ3) is 2.04. The highest BCUT2D eigenvalue weighted by Gasteiger charge is 2.04. The fraction of sp³-hybridized carbons (Fsp3) is 0.231. The molecule has 1 heterocycles. The molecule has 0 aliphatic carbocycles. The Bertz CT molecular complexity index is 491. The maximum Gasteiger partial charge on any atom is 0.162 e. The van der Waals surface area contributed by atoms with Crippen LogP contribution in [0, 0.1) is 0 Å². The molecule has 0 aliphatic rings. The Morgan fingerprint density at radius 1 is 1.33 bits per heavy atom. The molecule has 0 fully saturated rings. The quantitative estimate of drug-likeness (QED) is 0.710. The van der Waals surface area contributed by atoms with Crippen molar-refractivity contribution in [3.05, 3.63) is 42.1 Å². The second-order valence-corrected chi connectivity index (χ2v) is 3.58. The number of carbonyl (C=O) groups excluding carboxylic acids is 1. The standard InChI is InChI=1S/C13H13NO/c1-2-4-13(15)11-6-7-12-10(9-11)5-3-8-14-12/h3,5-9H,2,4H2,1H3. The first-order valence-corrected chi connectivity index (χ1v) is 5.19. The number of hydrogen-bond acceptors (Lipinski definition) is 2. The average molecular weight is 199 g/mol. The smallest absolute Gasteiger partial charge is 0.162 e. The SMILES string of the molecule is CCCC(=O)c1ccc2ncccc2c1. The van der Waals surface area contributed by atoms with E-state index in [1.807, 2.05) is 37.3 Å². The van der Waals surface area contributed by atoms with Crippen LogP contribution in [-0.4, -0.2) is 10.8 Å². The Kier molecular flexibility index (Phi) is 2.77. The van der Waals surface area contributed by atoms with Crippen molar-refractivity contribution in [1.82, 2.24) is 4.98 Å². The predicted octanol–water partition coefficient (Wildman–Crippen LogP) is 3.22. The number of nitrogens with zero attached hydrogens (tertiary/aromatic N) is 1. The van der Waals surface area contributed by atoms with E-state index in [0.29, 0.717) is 6.42 Å². The van der Waals surface area contributed by atoms with Crippen LogP contribution in [0.25, 0.3) is 10.9 Å². The second kappa shape index (κ2) is 4.22. The molecule has 0 amide bonds. The highest BCUT2D eigenvalue weighted by molar-refractivity contribution is 5.99. The van der Waals surface area contributed by atoms with Crippen LogP contribution < -0.4 is 0 Å². The topological polar surface area (TPSA) is 30.0 Å². The molecule has 15 heavy (non-hydrogen) atoms. The third-order valence-corrected chi connectivity index (χ3v) is 2.40. The lowest BCUT2D eigenvalue weighted by Gasteiger charge is -2.01. The molecule has 0 saturated carbocycles. The third-order valence-electron chi connectivity index (χ3n) is 2.40. The van der Waals surface area contributed by atoms with Gasteiger partial charge in [0.05, 0.1) is 5.52 Å². The molecule has 1 aromatic heterocycles. The minimum atomic E-state index is 0.211. The van der Waals surface area contributed by atoms with E-state index in [1.54, 1.807) is 6.20 Å². The fourth-order valence-electron chi connectivity index (χ4n) is 1.62. The Balaban J connectivity index is 2.42. The van der Waals surface area contributed by atoms with Gasteiger partial charge >= 0.3 is 0 Å². The van der Waals surface area contributed by atoms with Gasteiger partial charge in [-0.15, -0.1) is 0 Å². The lowest BCUT2D eigenvalue weighted by molar-refractivity contribution is 0.0982. The molecular weight excluding hydrogens is 186 g/mol. The van der Waals surface area contributed by atoms with Gasteiger partial charge in [0.15, 0.2) is 5.78 Å². The zero-order valence-electron chi connectivity index (χ0n) is 8.73. The second-order valence-electron chi connectivity index (χ2n) is 3.58. The molecule has 0 saturated heterocycles. The number of pyridine rings is 1. The Hall–Kier alpha value is -1.70. The van der Waals surface area contributed by atoms with Gasteiger partial charge in [0, 0.05) is 23.6 Å². The number of carbonyl (C=O) groups is 1. The number of ketones is 1. The first kappa shape index (κ1) is 9.84.